The molecule has 0 aliphatic carbocycles. The Kier molecular flexibility index (Phi) is 9.98. The Balaban J connectivity index is 1.62. The summed E-state index contributed by atoms with van der Waals surface area (Å²) in [5.41, 5.74) is 5.12. The molecule has 4 nitrogen and oxygen atoms in total. The van der Waals surface area contributed by atoms with Gasteiger partial charge in [-0.3, -0.25) is 4.79 Å². The van der Waals surface area contributed by atoms with Gasteiger partial charge in [0.1, 0.15) is 17.1 Å². The molecule has 3 rings (SSSR count). The molecule has 4 heteroatoms. The number of hydrogen-bond donors (Lipinski definition) is 0. The molecular weight excluding hydrogens is 448 g/mol. The summed E-state index contributed by atoms with van der Waals surface area (Å²) in [6.07, 6.45) is 4.44. The lowest BCUT2D eigenvalue weighted by atomic mass is 9.99. The van der Waals surface area contributed by atoms with Crippen molar-refractivity contribution in [2.75, 3.05) is 13.2 Å². The first kappa shape index (κ1) is 27.3. The minimum absolute atomic E-state index is 0.192. The molecule has 0 saturated heterocycles. The number of ether oxygens (including phenoxy) is 3. The monoisotopic (exact) mass is 488 g/mol. The third-order valence-corrected chi connectivity index (χ3v) is 5.74. The van der Waals surface area contributed by atoms with Crippen LogP contribution in [0.4, 0.5) is 0 Å². The average Bonchev–Trinajstić information content (AvgIpc) is 2.84. The van der Waals surface area contributed by atoms with Crippen LogP contribution in [0.5, 0.6) is 11.5 Å². The second-order valence-corrected chi connectivity index (χ2v) is 10.2. The van der Waals surface area contributed by atoms with Gasteiger partial charge in [0, 0.05) is 12.0 Å². The normalized spacial score (nSPS) is 11.2. The third kappa shape index (κ3) is 8.75. The standard InChI is InChI=1S/C32H40O4/c1-6-7-8-21-34-28-18-16-26(17-19-28)25-12-14-27(15-13-25)29-20-11-24(2)23-30(29)35-22-9-10-31(33)36-32(3,4)5/h11-20,23H,6-10,21-22H2,1-5H3. The van der Waals surface area contributed by atoms with Crippen LogP contribution in [0.25, 0.3) is 22.3 Å². The van der Waals surface area contributed by atoms with Gasteiger partial charge in [0.15, 0.2) is 0 Å². The van der Waals surface area contributed by atoms with Gasteiger partial charge in [0.05, 0.1) is 13.2 Å². The van der Waals surface area contributed by atoms with Gasteiger partial charge in [0.2, 0.25) is 0 Å². The summed E-state index contributed by atoms with van der Waals surface area (Å²) >= 11 is 0. The first-order chi connectivity index (χ1) is 17.2. The van der Waals surface area contributed by atoms with Crippen molar-refractivity contribution in [1.29, 1.82) is 0 Å². The van der Waals surface area contributed by atoms with Crippen molar-refractivity contribution in [2.24, 2.45) is 0 Å². The molecule has 3 aromatic rings. The highest BCUT2D eigenvalue weighted by Gasteiger charge is 2.16. The Morgan fingerprint density at radius 3 is 2.00 bits per heavy atom. The van der Waals surface area contributed by atoms with E-state index in [1.54, 1.807) is 0 Å². The first-order valence-electron chi connectivity index (χ1n) is 13.0. The fourth-order valence-electron chi connectivity index (χ4n) is 3.91. The van der Waals surface area contributed by atoms with E-state index in [4.69, 9.17) is 14.2 Å². The van der Waals surface area contributed by atoms with Crippen LogP contribution in [0.2, 0.25) is 0 Å². The number of carbonyl (C=O) groups is 1. The molecule has 0 radical (unpaired) electrons. The predicted octanol–water partition coefficient (Wildman–Crippen LogP) is 8.40. The highest BCUT2D eigenvalue weighted by Crippen LogP contribution is 2.33. The van der Waals surface area contributed by atoms with Gasteiger partial charge in [-0.2, -0.15) is 0 Å². The highest BCUT2D eigenvalue weighted by molar-refractivity contribution is 5.74. The van der Waals surface area contributed by atoms with Crippen molar-refractivity contribution in [2.45, 2.75) is 72.3 Å². The summed E-state index contributed by atoms with van der Waals surface area (Å²) in [5, 5.41) is 0. The zero-order valence-corrected chi connectivity index (χ0v) is 22.4. The number of esters is 1. The lowest BCUT2D eigenvalue weighted by molar-refractivity contribution is -0.155. The van der Waals surface area contributed by atoms with E-state index < -0.39 is 5.60 Å². The Labute approximate surface area is 216 Å². The van der Waals surface area contributed by atoms with Gasteiger partial charge < -0.3 is 14.2 Å². The molecule has 192 valence electrons. The second kappa shape index (κ2) is 13.2. The molecule has 0 aliphatic rings. The maximum atomic E-state index is 12.0. The fourth-order valence-corrected chi connectivity index (χ4v) is 3.91. The predicted molar refractivity (Wildman–Crippen MR) is 148 cm³/mol. The lowest BCUT2D eigenvalue weighted by Gasteiger charge is -2.19. The van der Waals surface area contributed by atoms with Crippen molar-refractivity contribution < 1.29 is 19.0 Å². The number of carbonyl (C=O) groups excluding carboxylic acids is 1. The number of rotatable bonds is 12. The molecule has 0 saturated carbocycles. The molecule has 0 fully saturated rings. The average molecular weight is 489 g/mol. The topological polar surface area (TPSA) is 44.8 Å². The minimum atomic E-state index is -0.460. The van der Waals surface area contributed by atoms with Gasteiger partial charge in [0.25, 0.3) is 0 Å². The molecule has 36 heavy (non-hydrogen) atoms. The van der Waals surface area contributed by atoms with Gasteiger partial charge in [-0.1, -0.05) is 68.3 Å². The molecule has 0 amide bonds. The van der Waals surface area contributed by atoms with Gasteiger partial charge in [-0.15, -0.1) is 0 Å². The summed E-state index contributed by atoms with van der Waals surface area (Å²) in [5.74, 6) is 1.55. The van der Waals surface area contributed by atoms with Crippen LogP contribution < -0.4 is 9.47 Å². The minimum Gasteiger partial charge on any atom is -0.494 e. The van der Waals surface area contributed by atoms with E-state index in [9.17, 15) is 4.79 Å². The van der Waals surface area contributed by atoms with Gasteiger partial charge >= 0.3 is 5.97 Å². The zero-order chi connectivity index (χ0) is 26.0. The van der Waals surface area contributed by atoms with Crippen LogP contribution in [0.3, 0.4) is 0 Å². The van der Waals surface area contributed by atoms with E-state index >= 15 is 0 Å². The molecule has 0 N–H and O–H groups in total. The van der Waals surface area contributed by atoms with Crippen molar-refractivity contribution in [3.63, 3.8) is 0 Å². The molecular formula is C32H40O4. The number of aryl methyl sites for hydroxylation is 1. The molecule has 0 unspecified atom stereocenters. The van der Waals surface area contributed by atoms with Crippen LogP contribution in [-0.4, -0.2) is 24.8 Å². The van der Waals surface area contributed by atoms with E-state index in [0.29, 0.717) is 19.4 Å². The summed E-state index contributed by atoms with van der Waals surface area (Å²) in [6.45, 7) is 11.1. The van der Waals surface area contributed by atoms with Gasteiger partial charge in [-0.05, 0) is 81.0 Å². The van der Waals surface area contributed by atoms with E-state index in [1.807, 2.05) is 32.9 Å². The van der Waals surface area contributed by atoms with E-state index in [0.717, 1.165) is 52.3 Å². The molecule has 0 heterocycles. The van der Waals surface area contributed by atoms with Crippen molar-refractivity contribution in [1.82, 2.24) is 0 Å². The lowest BCUT2D eigenvalue weighted by Crippen LogP contribution is -2.23. The number of benzene rings is 3. The van der Waals surface area contributed by atoms with Crippen molar-refractivity contribution in [3.8, 4) is 33.8 Å². The Morgan fingerprint density at radius 1 is 0.750 bits per heavy atom. The van der Waals surface area contributed by atoms with Crippen LogP contribution in [0.1, 0.15) is 65.4 Å². The van der Waals surface area contributed by atoms with E-state index in [-0.39, 0.29) is 5.97 Å². The van der Waals surface area contributed by atoms with Crippen LogP contribution in [0, 0.1) is 6.92 Å². The number of unbranched alkanes of at least 4 members (excludes halogenated alkanes) is 2. The van der Waals surface area contributed by atoms with Crippen molar-refractivity contribution in [3.05, 3.63) is 72.3 Å². The summed E-state index contributed by atoms with van der Waals surface area (Å²) in [4.78, 5) is 12.0. The summed E-state index contributed by atoms with van der Waals surface area (Å²) in [6, 6.07) is 23.1. The van der Waals surface area contributed by atoms with Crippen LogP contribution >= 0.6 is 0 Å². The summed E-state index contributed by atoms with van der Waals surface area (Å²) < 4.78 is 17.3. The molecule has 0 spiro atoms. The summed E-state index contributed by atoms with van der Waals surface area (Å²) in [7, 11) is 0. The Bertz CT molecular complexity index is 1090. The van der Waals surface area contributed by atoms with Crippen LogP contribution in [0.15, 0.2) is 66.7 Å². The van der Waals surface area contributed by atoms with E-state index in [2.05, 4.69) is 68.4 Å². The highest BCUT2D eigenvalue weighted by atomic mass is 16.6. The molecule has 0 atom stereocenters. The third-order valence-electron chi connectivity index (χ3n) is 5.74. The second-order valence-electron chi connectivity index (χ2n) is 10.2. The smallest absolute Gasteiger partial charge is 0.306 e. The largest absolute Gasteiger partial charge is 0.494 e. The molecule has 0 aliphatic heterocycles. The zero-order valence-electron chi connectivity index (χ0n) is 22.4. The fraction of sp³-hybridized carbons (Fsp3) is 0.406. The van der Waals surface area contributed by atoms with Crippen molar-refractivity contribution >= 4 is 5.97 Å². The maximum absolute atomic E-state index is 12.0. The number of hydrogen-bond acceptors (Lipinski definition) is 4. The molecule has 0 bridgehead atoms. The quantitative estimate of drug-likeness (QED) is 0.190. The Hall–Kier alpha value is -3.27. The van der Waals surface area contributed by atoms with Crippen LogP contribution in [-0.2, 0) is 9.53 Å². The first-order valence-corrected chi connectivity index (χ1v) is 13.0. The maximum Gasteiger partial charge on any atom is 0.306 e. The van der Waals surface area contributed by atoms with Gasteiger partial charge in [-0.25, -0.2) is 0 Å². The Morgan fingerprint density at radius 2 is 1.36 bits per heavy atom. The van der Waals surface area contributed by atoms with E-state index in [1.165, 1.54) is 12.8 Å². The molecule has 0 aromatic heterocycles. The SMILES string of the molecule is CCCCCOc1ccc(-c2ccc(-c3ccc(C)cc3OCCCC(=O)OC(C)(C)C)cc2)cc1. The molecule has 3 aromatic carbocycles.